The van der Waals surface area contributed by atoms with Gasteiger partial charge in [0, 0.05) is 0 Å². The predicted octanol–water partition coefficient (Wildman–Crippen LogP) is 4.23. The van der Waals surface area contributed by atoms with Gasteiger partial charge in [0.1, 0.15) is 18.2 Å². The quantitative estimate of drug-likeness (QED) is 0.532. The van der Waals surface area contributed by atoms with Crippen molar-refractivity contribution in [3.05, 3.63) is 87.9 Å². The lowest BCUT2D eigenvalue weighted by molar-refractivity contribution is 0.0959. The summed E-state index contributed by atoms with van der Waals surface area (Å²) in [7, 11) is 0. The SMILES string of the molecule is O=C(N/N=C/c1ccc(OCc2ccc(F)cc2)cc1)c1cccs1. The van der Waals surface area contributed by atoms with Gasteiger partial charge in [-0.1, -0.05) is 18.2 Å². The lowest BCUT2D eigenvalue weighted by atomic mass is 10.2. The van der Waals surface area contributed by atoms with E-state index in [4.69, 9.17) is 4.74 Å². The zero-order chi connectivity index (χ0) is 17.5. The molecule has 1 heterocycles. The molecule has 0 aliphatic heterocycles. The van der Waals surface area contributed by atoms with E-state index in [1.165, 1.54) is 23.5 Å². The number of amides is 1. The minimum Gasteiger partial charge on any atom is -0.489 e. The van der Waals surface area contributed by atoms with E-state index < -0.39 is 0 Å². The molecule has 2 aromatic carbocycles. The van der Waals surface area contributed by atoms with Crippen LogP contribution in [0.4, 0.5) is 4.39 Å². The van der Waals surface area contributed by atoms with Gasteiger partial charge in [0.2, 0.25) is 0 Å². The number of carbonyl (C=O) groups is 1. The van der Waals surface area contributed by atoms with Crippen molar-refractivity contribution in [2.75, 3.05) is 0 Å². The van der Waals surface area contributed by atoms with Crippen LogP contribution in [0.1, 0.15) is 20.8 Å². The molecule has 0 atom stereocenters. The fourth-order valence-corrected chi connectivity index (χ4v) is 2.64. The van der Waals surface area contributed by atoms with Gasteiger partial charge < -0.3 is 4.74 Å². The van der Waals surface area contributed by atoms with Gasteiger partial charge in [-0.25, -0.2) is 9.82 Å². The molecule has 0 unspecified atom stereocenters. The first-order valence-corrected chi connectivity index (χ1v) is 8.43. The normalized spacial score (nSPS) is 10.8. The van der Waals surface area contributed by atoms with Gasteiger partial charge in [-0.05, 0) is 59.0 Å². The molecule has 1 N–H and O–H groups in total. The average Bonchev–Trinajstić information content (AvgIpc) is 3.17. The van der Waals surface area contributed by atoms with Crippen LogP contribution < -0.4 is 10.2 Å². The second kappa shape index (κ2) is 8.21. The number of hydrogen-bond donors (Lipinski definition) is 1. The number of hydrogen-bond acceptors (Lipinski definition) is 4. The Balaban J connectivity index is 1.50. The molecule has 3 aromatic rings. The molecule has 0 bridgehead atoms. The molecule has 0 radical (unpaired) electrons. The van der Waals surface area contributed by atoms with Crippen molar-refractivity contribution in [1.82, 2.24) is 5.43 Å². The van der Waals surface area contributed by atoms with Crippen molar-refractivity contribution in [3.63, 3.8) is 0 Å². The number of nitrogens with zero attached hydrogens (tertiary/aromatic N) is 1. The van der Waals surface area contributed by atoms with Gasteiger partial charge >= 0.3 is 0 Å². The number of carbonyl (C=O) groups excluding carboxylic acids is 1. The number of nitrogens with one attached hydrogen (secondary N) is 1. The highest BCUT2D eigenvalue weighted by molar-refractivity contribution is 7.12. The number of thiophene rings is 1. The summed E-state index contributed by atoms with van der Waals surface area (Å²) in [6.07, 6.45) is 1.56. The predicted molar refractivity (Wildman–Crippen MR) is 96.6 cm³/mol. The molecular formula is C19H15FN2O2S. The van der Waals surface area contributed by atoms with E-state index in [9.17, 15) is 9.18 Å². The van der Waals surface area contributed by atoms with E-state index in [0.29, 0.717) is 17.2 Å². The topological polar surface area (TPSA) is 50.7 Å². The summed E-state index contributed by atoms with van der Waals surface area (Å²) in [5.41, 5.74) is 4.20. The van der Waals surface area contributed by atoms with Crippen LogP contribution in [0.5, 0.6) is 5.75 Å². The molecule has 6 heteroatoms. The van der Waals surface area contributed by atoms with Crippen LogP contribution >= 0.6 is 11.3 Å². The van der Waals surface area contributed by atoms with Gasteiger partial charge in [-0.2, -0.15) is 5.10 Å². The van der Waals surface area contributed by atoms with E-state index in [1.54, 1.807) is 24.4 Å². The van der Waals surface area contributed by atoms with Crippen molar-refractivity contribution in [1.29, 1.82) is 0 Å². The third-order valence-electron chi connectivity index (χ3n) is 3.32. The molecule has 0 aliphatic carbocycles. The summed E-state index contributed by atoms with van der Waals surface area (Å²) in [5.74, 6) is 0.202. The van der Waals surface area contributed by atoms with E-state index in [2.05, 4.69) is 10.5 Å². The molecule has 1 aromatic heterocycles. The van der Waals surface area contributed by atoms with Crippen LogP contribution in [0.15, 0.2) is 71.1 Å². The lowest BCUT2D eigenvalue weighted by Gasteiger charge is -2.06. The van der Waals surface area contributed by atoms with Crippen molar-refractivity contribution >= 4 is 23.5 Å². The Hall–Kier alpha value is -2.99. The lowest BCUT2D eigenvalue weighted by Crippen LogP contribution is -2.16. The van der Waals surface area contributed by atoms with Gasteiger partial charge in [-0.15, -0.1) is 11.3 Å². The number of halogens is 1. The van der Waals surface area contributed by atoms with Crippen LogP contribution in [0.3, 0.4) is 0 Å². The zero-order valence-electron chi connectivity index (χ0n) is 13.2. The maximum Gasteiger partial charge on any atom is 0.281 e. The first kappa shape index (κ1) is 16.9. The summed E-state index contributed by atoms with van der Waals surface area (Å²) < 4.78 is 18.5. The van der Waals surface area contributed by atoms with E-state index in [0.717, 1.165) is 11.1 Å². The maximum absolute atomic E-state index is 12.8. The molecule has 0 spiro atoms. The molecule has 0 saturated heterocycles. The third-order valence-corrected chi connectivity index (χ3v) is 4.19. The highest BCUT2D eigenvalue weighted by Crippen LogP contribution is 2.14. The maximum atomic E-state index is 12.8. The Morgan fingerprint density at radius 1 is 1.12 bits per heavy atom. The Labute approximate surface area is 148 Å². The monoisotopic (exact) mass is 354 g/mol. The van der Waals surface area contributed by atoms with Crippen LogP contribution in [0, 0.1) is 5.82 Å². The van der Waals surface area contributed by atoms with Gasteiger partial charge in [0.25, 0.3) is 5.91 Å². The van der Waals surface area contributed by atoms with Crippen molar-refractivity contribution in [2.24, 2.45) is 5.10 Å². The van der Waals surface area contributed by atoms with Crippen LogP contribution in [0.25, 0.3) is 0 Å². The largest absolute Gasteiger partial charge is 0.489 e. The Bertz CT molecular complexity index is 844. The molecular weight excluding hydrogens is 339 g/mol. The summed E-state index contributed by atoms with van der Waals surface area (Å²) in [4.78, 5) is 12.3. The van der Waals surface area contributed by atoms with Gasteiger partial charge in [0.05, 0.1) is 11.1 Å². The average molecular weight is 354 g/mol. The first-order chi connectivity index (χ1) is 12.2. The molecule has 0 fully saturated rings. The minimum atomic E-state index is -0.265. The summed E-state index contributed by atoms with van der Waals surface area (Å²) >= 11 is 1.36. The molecule has 25 heavy (non-hydrogen) atoms. The smallest absolute Gasteiger partial charge is 0.281 e. The number of benzene rings is 2. The van der Waals surface area contributed by atoms with E-state index >= 15 is 0 Å². The number of ether oxygens (including phenoxy) is 1. The third kappa shape index (κ3) is 4.99. The van der Waals surface area contributed by atoms with Crippen molar-refractivity contribution < 1.29 is 13.9 Å². The van der Waals surface area contributed by atoms with E-state index in [-0.39, 0.29) is 11.7 Å². The second-order valence-electron chi connectivity index (χ2n) is 5.16. The fraction of sp³-hybridized carbons (Fsp3) is 0.0526. The molecule has 3 rings (SSSR count). The Kier molecular flexibility index (Phi) is 5.53. The van der Waals surface area contributed by atoms with Gasteiger partial charge in [-0.3, -0.25) is 4.79 Å². The second-order valence-corrected chi connectivity index (χ2v) is 6.11. The Morgan fingerprint density at radius 2 is 1.88 bits per heavy atom. The molecule has 0 aliphatic rings. The van der Waals surface area contributed by atoms with Crippen molar-refractivity contribution in [3.8, 4) is 5.75 Å². The van der Waals surface area contributed by atoms with Crippen molar-refractivity contribution in [2.45, 2.75) is 6.61 Å². The molecule has 126 valence electrons. The highest BCUT2D eigenvalue weighted by Gasteiger charge is 2.03. The zero-order valence-corrected chi connectivity index (χ0v) is 14.0. The molecule has 0 saturated carbocycles. The number of rotatable bonds is 6. The molecule has 1 amide bonds. The van der Waals surface area contributed by atoms with E-state index in [1.807, 2.05) is 35.7 Å². The minimum absolute atomic E-state index is 0.231. The fourth-order valence-electron chi connectivity index (χ4n) is 2.03. The summed E-state index contributed by atoms with van der Waals surface area (Å²) in [6, 6.07) is 17.0. The highest BCUT2D eigenvalue weighted by atomic mass is 32.1. The van der Waals surface area contributed by atoms with Crippen LogP contribution in [0.2, 0.25) is 0 Å². The standard InChI is InChI=1S/C19H15FN2O2S/c20-16-7-3-15(4-8-16)13-24-17-9-5-14(6-10-17)12-21-22-19(23)18-2-1-11-25-18/h1-12H,13H2,(H,22,23)/b21-12+. The van der Waals surface area contributed by atoms with Crippen LogP contribution in [-0.4, -0.2) is 12.1 Å². The Morgan fingerprint density at radius 3 is 2.56 bits per heavy atom. The van der Waals surface area contributed by atoms with Crippen LogP contribution in [-0.2, 0) is 6.61 Å². The summed E-state index contributed by atoms with van der Waals surface area (Å²) in [5, 5.41) is 5.77. The van der Waals surface area contributed by atoms with Gasteiger partial charge in [0.15, 0.2) is 0 Å². The summed E-state index contributed by atoms with van der Waals surface area (Å²) in [6.45, 7) is 0.366. The first-order valence-electron chi connectivity index (χ1n) is 7.55. The number of hydrazone groups is 1. The molecule has 4 nitrogen and oxygen atoms in total.